The van der Waals surface area contributed by atoms with Crippen molar-refractivity contribution in [3.63, 3.8) is 0 Å². The van der Waals surface area contributed by atoms with Gasteiger partial charge in [-0.1, -0.05) is 6.07 Å². The van der Waals surface area contributed by atoms with E-state index in [-0.39, 0.29) is 42.2 Å². The Morgan fingerprint density at radius 2 is 2.00 bits per heavy atom. The number of likely N-dealkylation sites (N-methyl/N-ethyl adjacent to an activating group) is 2. The standard InChI is InChI=1S/C24H30FN5O6S/c1-4-28-12-14(2)30-19-18(21(31)20(30)24(28)33)23(32)29-13-15-7-8-16(25)11-17(15)36-9-5-6-10-37(34,35)27(3)22(19)26-29/h7-8,11,14,18-19,31H,4-6,9-10,12-13H2,1-3H3/t14-,18?,19?/m0/s1. The van der Waals surface area contributed by atoms with Gasteiger partial charge in [0.05, 0.1) is 18.9 Å². The number of ether oxygens (including phenoxy) is 1. The van der Waals surface area contributed by atoms with Gasteiger partial charge in [0.2, 0.25) is 10.0 Å². The smallest absolute Gasteiger partial charge is 0.273 e. The van der Waals surface area contributed by atoms with E-state index in [9.17, 15) is 27.5 Å². The lowest BCUT2D eigenvalue weighted by molar-refractivity contribution is -0.139. The summed E-state index contributed by atoms with van der Waals surface area (Å²) in [5.74, 6) is -3.06. The largest absolute Gasteiger partial charge is 0.509 e. The summed E-state index contributed by atoms with van der Waals surface area (Å²) in [7, 11) is -2.48. The van der Waals surface area contributed by atoms with Crippen LogP contribution >= 0.6 is 0 Å². The van der Waals surface area contributed by atoms with Gasteiger partial charge in [0.25, 0.3) is 11.8 Å². The number of hydrogen-bond donors (Lipinski definition) is 1. The molecule has 200 valence electrons. The molecule has 0 spiro atoms. The first-order chi connectivity index (χ1) is 17.5. The van der Waals surface area contributed by atoms with Crippen molar-refractivity contribution in [1.82, 2.24) is 19.1 Å². The third-order valence-corrected chi connectivity index (χ3v) is 9.22. The number of nitrogens with zero attached hydrogens (tertiary/aromatic N) is 5. The number of hydrogen-bond acceptors (Lipinski definition) is 8. The van der Waals surface area contributed by atoms with E-state index in [1.54, 1.807) is 9.80 Å². The van der Waals surface area contributed by atoms with E-state index in [1.807, 2.05) is 13.8 Å². The Labute approximate surface area is 214 Å². The molecule has 2 unspecified atom stereocenters. The van der Waals surface area contributed by atoms with Crippen LogP contribution in [0.25, 0.3) is 0 Å². The summed E-state index contributed by atoms with van der Waals surface area (Å²) in [4.78, 5) is 30.2. The van der Waals surface area contributed by atoms with Gasteiger partial charge < -0.3 is 19.6 Å². The van der Waals surface area contributed by atoms with E-state index >= 15 is 0 Å². The zero-order chi connectivity index (χ0) is 26.6. The highest BCUT2D eigenvalue weighted by atomic mass is 32.2. The fourth-order valence-electron chi connectivity index (χ4n) is 5.44. The normalized spacial score (nSPS) is 27.9. The van der Waals surface area contributed by atoms with Crippen LogP contribution in [0.5, 0.6) is 5.75 Å². The Morgan fingerprint density at radius 3 is 2.73 bits per heavy atom. The number of amidine groups is 1. The first-order valence-corrected chi connectivity index (χ1v) is 13.9. The van der Waals surface area contributed by atoms with Crippen molar-refractivity contribution in [2.24, 2.45) is 11.0 Å². The number of rotatable bonds is 1. The van der Waals surface area contributed by atoms with Gasteiger partial charge in [0.1, 0.15) is 35.0 Å². The summed E-state index contributed by atoms with van der Waals surface area (Å²) in [5.41, 5.74) is 0.474. The van der Waals surface area contributed by atoms with Crippen molar-refractivity contribution in [2.75, 3.05) is 32.5 Å². The van der Waals surface area contributed by atoms with Gasteiger partial charge in [-0.15, -0.1) is 0 Å². The summed E-state index contributed by atoms with van der Waals surface area (Å²) in [6.07, 6.45) is 0.710. The summed E-state index contributed by atoms with van der Waals surface area (Å²) < 4.78 is 47.4. The molecule has 2 amide bonds. The van der Waals surface area contributed by atoms with E-state index in [0.29, 0.717) is 31.5 Å². The molecule has 5 rings (SSSR count). The second-order valence-corrected chi connectivity index (χ2v) is 11.8. The summed E-state index contributed by atoms with van der Waals surface area (Å²) >= 11 is 0. The van der Waals surface area contributed by atoms with Crippen LogP contribution in [0.1, 0.15) is 32.3 Å². The molecule has 37 heavy (non-hydrogen) atoms. The molecule has 4 aliphatic rings. The van der Waals surface area contributed by atoms with E-state index in [0.717, 1.165) is 9.31 Å². The van der Waals surface area contributed by atoms with Gasteiger partial charge in [-0.25, -0.2) is 17.8 Å². The van der Waals surface area contributed by atoms with E-state index in [2.05, 4.69) is 5.10 Å². The number of amides is 2. The SMILES string of the molecule is CCN1C[C@H](C)N2C(=C(O)C3C(=O)N4Cc5ccc(F)cc5OCCCCS(=O)(=O)N(C)C(=N4)C32)C1=O. The number of sulfonamides is 1. The monoisotopic (exact) mass is 535 g/mol. The summed E-state index contributed by atoms with van der Waals surface area (Å²) in [6, 6.07) is 2.68. The molecule has 1 aromatic carbocycles. The molecule has 0 aromatic heterocycles. The van der Waals surface area contributed by atoms with Gasteiger partial charge in [-0.2, -0.15) is 5.10 Å². The van der Waals surface area contributed by atoms with Crippen LogP contribution < -0.4 is 4.74 Å². The molecule has 0 saturated carbocycles. The average molecular weight is 536 g/mol. The Balaban J connectivity index is 1.66. The minimum absolute atomic E-state index is 0.00350. The quantitative estimate of drug-likeness (QED) is 0.574. The summed E-state index contributed by atoms with van der Waals surface area (Å²) in [6.45, 7) is 4.50. The van der Waals surface area contributed by atoms with Crippen LogP contribution in [-0.4, -0.2) is 94.9 Å². The number of carbonyl (C=O) groups is 2. The highest BCUT2D eigenvalue weighted by Gasteiger charge is 2.58. The molecule has 0 radical (unpaired) electrons. The van der Waals surface area contributed by atoms with E-state index in [1.165, 1.54) is 25.2 Å². The predicted molar refractivity (Wildman–Crippen MR) is 131 cm³/mol. The van der Waals surface area contributed by atoms with Crippen molar-refractivity contribution in [3.8, 4) is 5.75 Å². The molecule has 1 aromatic rings. The fourth-order valence-corrected chi connectivity index (χ4v) is 6.71. The molecule has 3 atom stereocenters. The minimum Gasteiger partial charge on any atom is -0.509 e. The van der Waals surface area contributed by atoms with Gasteiger partial charge in [-0.3, -0.25) is 13.9 Å². The summed E-state index contributed by atoms with van der Waals surface area (Å²) in [5, 5.41) is 16.8. The lowest BCUT2D eigenvalue weighted by Crippen LogP contribution is -2.62. The van der Waals surface area contributed by atoms with Crippen LogP contribution in [0.15, 0.2) is 34.8 Å². The van der Waals surface area contributed by atoms with Gasteiger partial charge >= 0.3 is 0 Å². The van der Waals surface area contributed by atoms with Crippen LogP contribution in [0.4, 0.5) is 4.39 Å². The lowest BCUT2D eigenvalue weighted by atomic mass is 9.95. The molecule has 1 saturated heterocycles. The molecule has 1 fully saturated rings. The molecule has 4 aliphatic heterocycles. The van der Waals surface area contributed by atoms with Crippen LogP contribution in [0.2, 0.25) is 0 Å². The Morgan fingerprint density at radius 1 is 1.24 bits per heavy atom. The molecule has 2 bridgehead atoms. The molecule has 11 nitrogen and oxygen atoms in total. The number of aliphatic hydroxyl groups is 1. The van der Waals surface area contributed by atoms with Gasteiger partial charge in [0, 0.05) is 37.8 Å². The first-order valence-electron chi connectivity index (χ1n) is 12.3. The van der Waals surface area contributed by atoms with Crippen molar-refractivity contribution in [3.05, 3.63) is 41.0 Å². The molecular formula is C24H30FN5O6S. The number of halogens is 1. The zero-order valence-corrected chi connectivity index (χ0v) is 21.7. The van der Waals surface area contributed by atoms with E-state index < -0.39 is 45.4 Å². The molecule has 4 heterocycles. The van der Waals surface area contributed by atoms with Crippen molar-refractivity contribution in [2.45, 2.75) is 45.3 Å². The Kier molecular flexibility index (Phi) is 6.29. The maximum Gasteiger partial charge on any atom is 0.273 e. The average Bonchev–Trinajstić information content (AvgIpc) is 3.17. The number of benzene rings is 1. The van der Waals surface area contributed by atoms with Crippen molar-refractivity contribution >= 4 is 27.7 Å². The van der Waals surface area contributed by atoms with Crippen LogP contribution in [0.3, 0.4) is 0 Å². The second kappa shape index (κ2) is 9.19. The van der Waals surface area contributed by atoms with Crippen LogP contribution in [0, 0.1) is 11.7 Å². The second-order valence-electron chi connectivity index (χ2n) is 9.70. The lowest BCUT2D eigenvalue weighted by Gasteiger charge is -2.45. The first kappa shape index (κ1) is 25.3. The maximum absolute atomic E-state index is 14.0. The van der Waals surface area contributed by atoms with E-state index in [4.69, 9.17) is 4.74 Å². The third-order valence-electron chi connectivity index (χ3n) is 7.39. The highest BCUT2D eigenvalue weighted by Crippen LogP contribution is 2.43. The van der Waals surface area contributed by atoms with Crippen molar-refractivity contribution in [1.29, 1.82) is 0 Å². The van der Waals surface area contributed by atoms with Gasteiger partial charge in [-0.05, 0) is 32.8 Å². The molecule has 1 N–H and O–H groups in total. The van der Waals surface area contributed by atoms with Crippen molar-refractivity contribution < 1.29 is 32.2 Å². The fraction of sp³-hybridized carbons (Fsp3) is 0.542. The Hall–Kier alpha value is -3.35. The number of hydrazone groups is 1. The zero-order valence-electron chi connectivity index (χ0n) is 20.9. The Bertz CT molecular complexity index is 1310. The van der Waals surface area contributed by atoms with Gasteiger partial charge in [0.15, 0.2) is 5.84 Å². The molecular weight excluding hydrogens is 505 g/mol. The number of piperazine rings is 1. The maximum atomic E-state index is 14.0. The minimum atomic E-state index is -3.86. The van der Waals surface area contributed by atoms with Crippen LogP contribution in [-0.2, 0) is 26.2 Å². The highest BCUT2D eigenvalue weighted by molar-refractivity contribution is 7.89. The predicted octanol–water partition coefficient (Wildman–Crippen LogP) is 1.24. The number of aliphatic hydroxyl groups excluding tert-OH is 1. The number of fused-ring (bicyclic) bond motifs is 6. The third kappa shape index (κ3) is 4.09. The molecule has 0 aliphatic carbocycles. The number of carbonyl (C=O) groups excluding carboxylic acids is 2. The topological polar surface area (TPSA) is 123 Å². The molecule has 13 heteroatoms.